The predicted molar refractivity (Wildman–Crippen MR) is 113 cm³/mol. The maximum Gasteiger partial charge on any atom is 0.161 e. The number of hydrazone groups is 1. The topological polar surface area (TPSA) is 69.2 Å². The highest BCUT2D eigenvalue weighted by molar-refractivity contribution is 6.15. The maximum absolute atomic E-state index is 5.59. The molecular weight excluding hydrogens is 350 g/mol. The van der Waals surface area contributed by atoms with Gasteiger partial charge in [-0.3, -0.25) is 4.99 Å². The molecule has 2 aromatic carbocycles. The number of rotatable bonds is 4. The van der Waals surface area contributed by atoms with Crippen LogP contribution in [0, 0.1) is 0 Å². The lowest BCUT2D eigenvalue weighted by atomic mass is 9.75. The number of benzene rings is 2. The monoisotopic (exact) mass is 377 g/mol. The summed E-state index contributed by atoms with van der Waals surface area (Å²) < 4.78 is 11.2. The van der Waals surface area contributed by atoms with Gasteiger partial charge in [0.15, 0.2) is 11.5 Å². The Balaban J connectivity index is 1.84. The van der Waals surface area contributed by atoms with Crippen LogP contribution in [0.2, 0.25) is 0 Å². The third-order valence-corrected chi connectivity index (χ3v) is 6.00. The first-order valence-electron chi connectivity index (χ1n) is 9.85. The van der Waals surface area contributed by atoms with Crippen LogP contribution in [0.1, 0.15) is 60.8 Å². The van der Waals surface area contributed by atoms with E-state index < -0.39 is 0 Å². The number of ether oxygens (including phenoxy) is 2. The first kappa shape index (κ1) is 18.5. The van der Waals surface area contributed by atoms with Crippen molar-refractivity contribution in [3.05, 3.63) is 58.7 Å². The molecular formula is C23H27N3O2. The highest BCUT2D eigenvalue weighted by atomic mass is 16.5. The molecule has 1 saturated carbocycles. The van der Waals surface area contributed by atoms with E-state index in [0.717, 1.165) is 46.0 Å². The number of methoxy groups -OCH3 is 2. The van der Waals surface area contributed by atoms with E-state index in [0.29, 0.717) is 12.0 Å². The van der Waals surface area contributed by atoms with Crippen LogP contribution in [0.15, 0.2) is 46.5 Å². The summed E-state index contributed by atoms with van der Waals surface area (Å²) in [7, 11) is 3.37. The summed E-state index contributed by atoms with van der Waals surface area (Å²) in [6, 6.07) is 12.9. The summed E-state index contributed by atoms with van der Waals surface area (Å²) in [4.78, 5) is 5.21. The fourth-order valence-electron chi connectivity index (χ4n) is 4.44. The molecule has 0 unspecified atom stereocenters. The Hall–Kier alpha value is -2.82. The second-order valence-corrected chi connectivity index (χ2v) is 7.52. The van der Waals surface area contributed by atoms with Gasteiger partial charge in [-0.05, 0) is 43.0 Å². The molecule has 146 valence electrons. The smallest absolute Gasteiger partial charge is 0.161 e. The van der Waals surface area contributed by atoms with Crippen LogP contribution >= 0.6 is 0 Å². The number of nitrogens with two attached hydrogens (primary N) is 1. The first-order chi connectivity index (χ1) is 13.7. The highest BCUT2D eigenvalue weighted by Gasteiger charge is 2.34. The molecule has 5 heteroatoms. The third-order valence-electron chi connectivity index (χ3n) is 6.00. The van der Waals surface area contributed by atoms with E-state index in [2.05, 4.69) is 41.5 Å². The molecule has 1 aliphatic heterocycles. The Morgan fingerprint density at radius 1 is 1.04 bits per heavy atom. The SMILES string of the molecule is COc1cc2c(cc1OC)[C@H]1CCCC[C@H]1N=C2c1ccc(C(C)=NN)cc1. The minimum atomic E-state index is 0.335. The van der Waals surface area contributed by atoms with Gasteiger partial charge >= 0.3 is 0 Å². The van der Waals surface area contributed by atoms with Gasteiger partial charge in [0.05, 0.1) is 31.7 Å². The van der Waals surface area contributed by atoms with Crippen molar-refractivity contribution in [3.8, 4) is 11.5 Å². The van der Waals surface area contributed by atoms with Gasteiger partial charge in [-0.2, -0.15) is 5.10 Å². The number of hydrogen-bond acceptors (Lipinski definition) is 5. The molecule has 0 amide bonds. The largest absolute Gasteiger partial charge is 0.493 e. The molecule has 2 aromatic rings. The molecule has 1 heterocycles. The summed E-state index contributed by atoms with van der Waals surface area (Å²) in [5.41, 5.74) is 6.45. The van der Waals surface area contributed by atoms with Crippen LogP contribution in [0.5, 0.6) is 11.5 Å². The molecule has 0 spiro atoms. The zero-order valence-electron chi connectivity index (χ0n) is 16.7. The van der Waals surface area contributed by atoms with E-state index in [4.69, 9.17) is 20.3 Å². The van der Waals surface area contributed by atoms with Gasteiger partial charge in [0, 0.05) is 17.0 Å². The van der Waals surface area contributed by atoms with Gasteiger partial charge < -0.3 is 15.3 Å². The molecule has 2 aliphatic rings. The number of nitrogens with zero attached hydrogens (tertiary/aromatic N) is 2. The lowest BCUT2D eigenvalue weighted by Crippen LogP contribution is -2.29. The summed E-state index contributed by atoms with van der Waals surface area (Å²) in [5.74, 6) is 7.41. The highest BCUT2D eigenvalue weighted by Crippen LogP contribution is 2.44. The average molecular weight is 377 g/mol. The van der Waals surface area contributed by atoms with E-state index in [1.807, 2.05) is 6.92 Å². The average Bonchev–Trinajstić information content (AvgIpc) is 2.77. The second-order valence-electron chi connectivity index (χ2n) is 7.52. The van der Waals surface area contributed by atoms with Crippen molar-refractivity contribution < 1.29 is 9.47 Å². The predicted octanol–water partition coefficient (Wildman–Crippen LogP) is 4.26. The van der Waals surface area contributed by atoms with Gasteiger partial charge in [-0.1, -0.05) is 37.1 Å². The van der Waals surface area contributed by atoms with E-state index in [-0.39, 0.29) is 0 Å². The Morgan fingerprint density at radius 2 is 1.71 bits per heavy atom. The summed E-state index contributed by atoms with van der Waals surface area (Å²) in [6.07, 6.45) is 4.81. The van der Waals surface area contributed by atoms with Crippen molar-refractivity contribution in [2.45, 2.75) is 44.6 Å². The van der Waals surface area contributed by atoms with Crippen molar-refractivity contribution in [1.29, 1.82) is 0 Å². The van der Waals surface area contributed by atoms with Crippen molar-refractivity contribution in [2.75, 3.05) is 14.2 Å². The van der Waals surface area contributed by atoms with E-state index in [9.17, 15) is 0 Å². The number of hydrogen-bond donors (Lipinski definition) is 1. The fourth-order valence-corrected chi connectivity index (χ4v) is 4.44. The molecule has 1 aliphatic carbocycles. The van der Waals surface area contributed by atoms with Crippen LogP contribution in [-0.2, 0) is 0 Å². The Bertz CT molecular complexity index is 932. The molecule has 28 heavy (non-hydrogen) atoms. The van der Waals surface area contributed by atoms with Crippen LogP contribution in [0.3, 0.4) is 0 Å². The number of aliphatic imine (C=N–C) groups is 1. The standard InChI is InChI=1S/C23H27N3O2/c1-14(26-24)15-8-10-16(11-9-15)23-19-13-22(28-3)21(27-2)12-18(19)17-6-4-5-7-20(17)25-23/h8-13,17,20H,4-7,24H2,1-3H3/t17-,20-/m1/s1. The van der Waals surface area contributed by atoms with Crippen LogP contribution in [0.25, 0.3) is 0 Å². The Kier molecular flexibility index (Phi) is 5.07. The lowest BCUT2D eigenvalue weighted by molar-refractivity contribution is 0.349. The molecule has 1 fully saturated rings. The lowest BCUT2D eigenvalue weighted by Gasteiger charge is -2.35. The van der Waals surface area contributed by atoms with Crippen LogP contribution in [0.4, 0.5) is 0 Å². The Morgan fingerprint density at radius 3 is 2.39 bits per heavy atom. The maximum atomic E-state index is 5.59. The van der Waals surface area contributed by atoms with Gasteiger partial charge in [-0.25, -0.2) is 0 Å². The van der Waals surface area contributed by atoms with Crippen molar-refractivity contribution in [2.24, 2.45) is 15.9 Å². The Labute approximate surface area is 166 Å². The zero-order valence-corrected chi connectivity index (χ0v) is 16.7. The molecule has 0 bridgehead atoms. The molecule has 2 atom stereocenters. The number of fused-ring (bicyclic) bond motifs is 3. The zero-order chi connectivity index (χ0) is 19.7. The summed E-state index contributed by atoms with van der Waals surface area (Å²) in [6.45, 7) is 1.91. The van der Waals surface area contributed by atoms with Gasteiger partial charge in [0.25, 0.3) is 0 Å². The van der Waals surface area contributed by atoms with Crippen LogP contribution in [-0.4, -0.2) is 31.7 Å². The molecule has 4 rings (SSSR count). The molecule has 0 radical (unpaired) electrons. The van der Waals surface area contributed by atoms with Crippen molar-refractivity contribution >= 4 is 11.4 Å². The van der Waals surface area contributed by atoms with Gasteiger partial charge in [0.2, 0.25) is 0 Å². The summed E-state index contributed by atoms with van der Waals surface area (Å²) >= 11 is 0. The normalized spacial score (nSPS) is 21.4. The van der Waals surface area contributed by atoms with E-state index in [1.54, 1.807) is 14.2 Å². The molecule has 0 saturated heterocycles. The van der Waals surface area contributed by atoms with Crippen molar-refractivity contribution in [1.82, 2.24) is 0 Å². The second kappa shape index (κ2) is 7.66. The first-order valence-corrected chi connectivity index (χ1v) is 9.85. The summed E-state index contributed by atoms with van der Waals surface area (Å²) in [5, 5.41) is 3.79. The minimum Gasteiger partial charge on any atom is -0.493 e. The van der Waals surface area contributed by atoms with Gasteiger partial charge in [-0.15, -0.1) is 0 Å². The quantitative estimate of drug-likeness (QED) is 0.492. The van der Waals surface area contributed by atoms with Gasteiger partial charge in [0.1, 0.15) is 0 Å². The molecule has 5 nitrogen and oxygen atoms in total. The molecule has 2 N–H and O–H groups in total. The van der Waals surface area contributed by atoms with E-state index >= 15 is 0 Å². The fraction of sp³-hybridized carbons (Fsp3) is 0.391. The van der Waals surface area contributed by atoms with Crippen molar-refractivity contribution in [3.63, 3.8) is 0 Å². The van der Waals surface area contributed by atoms with E-state index in [1.165, 1.54) is 24.8 Å². The van der Waals surface area contributed by atoms with Crippen LogP contribution < -0.4 is 15.3 Å². The third kappa shape index (κ3) is 3.15. The molecule has 0 aromatic heterocycles. The minimum absolute atomic E-state index is 0.335.